The van der Waals surface area contributed by atoms with E-state index in [1.165, 1.54) is 23.2 Å². The van der Waals surface area contributed by atoms with E-state index in [0.29, 0.717) is 21.5 Å². The van der Waals surface area contributed by atoms with Gasteiger partial charge in [-0.2, -0.15) is 0 Å². The fourth-order valence-electron chi connectivity index (χ4n) is 3.35. The van der Waals surface area contributed by atoms with Crippen molar-refractivity contribution in [1.82, 2.24) is 9.88 Å². The number of halogens is 1. The summed E-state index contributed by atoms with van der Waals surface area (Å²) in [6, 6.07) is 3.72. The van der Waals surface area contributed by atoms with Crippen molar-refractivity contribution in [3.05, 3.63) is 39.4 Å². The van der Waals surface area contributed by atoms with Crippen LogP contribution in [0.15, 0.2) is 17.5 Å². The molecule has 1 aromatic carbocycles. The topological polar surface area (TPSA) is 96.9 Å². The van der Waals surface area contributed by atoms with Crippen molar-refractivity contribution in [2.75, 3.05) is 11.4 Å². The number of ether oxygens (including phenoxy) is 1. The molecule has 0 radical (unpaired) electrons. The van der Waals surface area contributed by atoms with Crippen LogP contribution in [0.2, 0.25) is 5.02 Å². The Balaban J connectivity index is 1.65. The summed E-state index contributed by atoms with van der Waals surface area (Å²) in [4.78, 5) is 54.5. The minimum Gasteiger partial charge on any atom is -0.459 e. The van der Waals surface area contributed by atoms with Crippen molar-refractivity contribution in [1.29, 1.82) is 0 Å². The van der Waals surface area contributed by atoms with Crippen molar-refractivity contribution < 1.29 is 23.9 Å². The zero-order chi connectivity index (χ0) is 22.7. The summed E-state index contributed by atoms with van der Waals surface area (Å²) in [5.41, 5.74) is 2.87. The van der Waals surface area contributed by atoms with E-state index < -0.39 is 5.97 Å². The first-order valence-corrected chi connectivity index (χ1v) is 10.9. The van der Waals surface area contributed by atoms with Gasteiger partial charge in [-0.3, -0.25) is 29.0 Å². The zero-order valence-electron chi connectivity index (χ0n) is 17.4. The molecule has 0 spiro atoms. The van der Waals surface area contributed by atoms with Crippen LogP contribution < -0.4 is 4.90 Å². The van der Waals surface area contributed by atoms with Crippen LogP contribution in [-0.2, 0) is 30.5 Å². The number of hydrogen-bond acceptors (Lipinski definition) is 7. The molecule has 0 N–H and O–H groups in total. The first-order valence-electron chi connectivity index (χ1n) is 9.68. The Labute approximate surface area is 188 Å². The van der Waals surface area contributed by atoms with Crippen LogP contribution in [0, 0.1) is 13.8 Å². The number of anilines is 2. The molecule has 0 aliphatic carbocycles. The Hall–Kier alpha value is -2.78. The summed E-state index contributed by atoms with van der Waals surface area (Å²) < 4.78 is 5.21. The number of esters is 1. The molecule has 0 unspecified atom stereocenters. The number of thiazole rings is 1. The highest BCUT2D eigenvalue weighted by atomic mass is 35.5. The number of aromatic nitrogens is 1. The molecule has 31 heavy (non-hydrogen) atoms. The van der Waals surface area contributed by atoms with Gasteiger partial charge in [-0.05, 0) is 31.0 Å². The number of carbonyl (C=O) groups is 4. The van der Waals surface area contributed by atoms with E-state index in [4.69, 9.17) is 16.3 Å². The third-order valence-corrected chi connectivity index (χ3v) is 5.91. The van der Waals surface area contributed by atoms with Gasteiger partial charge >= 0.3 is 5.97 Å². The Morgan fingerprint density at radius 1 is 1.23 bits per heavy atom. The average Bonchev–Trinajstić information content (AvgIpc) is 3.27. The molecular weight excluding hydrogens is 442 g/mol. The summed E-state index contributed by atoms with van der Waals surface area (Å²) >= 11 is 7.64. The summed E-state index contributed by atoms with van der Waals surface area (Å²) in [5, 5.41) is 2.56. The monoisotopic (exact) mass is 463 g/mol. The molecule has 0 saturated carbocycles. The Morgan fingerprint density at radius 3 is 2.52 bits per heavy atom. The fraction of sp³-hybridized carbons (Fsp3) is 0.381. The van der Waals surface area contributed by atoms with E-state index in [-0.39, 0.29) is 50.1 Å². The molecule has 0 bridgehead atoms. The first-order chi connectivity index (χ1) is 14.7. The predicted molar refractivity (Wildman–Crippen MR) is 116 cm³/mol. The van der Waals surface area contributed by atoms with Crippen LogP contribution in [0.5, 0.6) is 0 Å². The third-order valence-electron chi connectivity index (χ3n) is 4.74. The molecule has 0 atom stereocenters. The van der Waals surface area contributed by atoms with E-state index in [0.717, 1.165) is 16.0 Å². The van der Waals surface area contributed by atoms with Gasteiger partial charge in [0, 0.05) is 31.7 Å². The van der Waals surface area contributed by atoms with Crippen molar-refractivity contribution in [3.8, 4) is 0 Å². The summed E-state index contributed by atoms with van der Waals surface area (Å²) in [6.07, 6.45) is 0.297. The first kappa shape index (κ1) is 22.9. The van der Waals surface area contributed by atoms with Gasteiger partial charge in [-0.15, -0.1) is 11.3 Å². The van der Waals surface area contributed by atoms with E-state index >= 15 is 0 Å². The van der Waals surface area contributed by atoms with Crippen molar-refractivity contribution in [2.45, 2.75) is 46.6 Å². The highest BCUT2D eigenvalue weighted by molar-refractivity contribution is 7.14. The van der Waals surface area contributed by atoms with Gasteiger partial charge in [0.2, 0.25) is 17.7 Å². The van der Waals surface area contributed by atoms with Crippen molar-refractivity contribution in [2.24, 2.45) is 0 Å². The number of nitrogens with zero attached hydrogens (tertiary/aromatic N) is 3. The number of hydrogen-bond donors (Lipinski definition) is 0. The fourth-order valence-corrected chi connectivity index (χ4v) is 4.61. The second-order valence-electron chi connectivity index (χ2n) is 7.24. The quantitative estimate of drug-likeness (QED) is 0.459. The van der Waals surface area contributed by atoms with E-state index in [9.17, 15) is 19.2 Å². The Bertz CT molecular complexity index is 1010. The number of aryl methyl sites for hydroxylation is 2. The molecule has 164 valence electrons. The van der Waals surface area contributed by atoms with E-state index in [2.05, 4.69) is 4.98 Å². The van der Waals surface area contributed by atoms with Gasteiger partial charge in [-0.1, -0.05) is 17.7 Å². The highest BCUT2D eigenvalue weighted by Gasteiger charge is 2.29. The molecule has 1 aromatic heterocycles. The molecular formula is C21H22ClN3O5S. The molecule has 2 aromatic rings. The van der Waals surface area contributed by atoms with Gasteiger partial charge in [0.25, 0.3) is 0 Å². The van der Waals surface area contributed by atoms with Gasteiger partial charge in [0.1, 0.15) is 6.61 Å². The molecule has 1 fully saturated rings. The maximum absolute atomic E-state index is 12.4. The van der Waals surface area contributed by atoms with Crippen LogP contribution >= 0.6 is 22.9 Å². The van der Waals surface area contributed by atoms with Gasteiger partial charge in [0.05, 0.1) is 22.8 Å². The molecule has 8 nitrogen and oxygen atoms in total. The summed E-state index contributed by atoms with van der Waals surface area (Å²) in [6.45, 7) is 5.16. The van der Waals surface area contributed by atoms with Crippen LogP contribution in [0.3, 0.4) is 0 Å². The maximum atomic E-state index is 12.4. The zero-order valence-corrected chi connectivity index (χ0v) is 19.0. The predicted octanol–water partition coefficient (Wildman–Crippen LogP) is 3.68. The third kappa shape index (κ3) is 5.29. The minimum atomic E-state index is -0.539. The molecule has 2 heterocycles. The van der Waals surface area contributed by atoms with Crippen LogP contribution in [0.1, 0.15) is 43.0 Å². The maximum Gasteiger partial charge on any atom is 0.307 e. The van der Waals surface area contributed by atoms with Crippen LogP contribution in [0.25, 0.3) is 0 Å². The van der Waals surface area contributed by atoms with Crippen LogP contribution in [0.4, 0.5) is 10.8 Å². The molecule has 1 aliphatic rings. The summed E-state index contributed by atoms with van der Waals surface area (Å²) in [5.74, 6) is -1.32. The van der Waals surface area contributed by atoms with Crippen molar-refractivity contribution >= 4 is 57.4 Å². The lowest BCUT2D eigenvalue weighted by Gasteiger charge is -2.22. The number of carbonyl (C=O) groups excluding carboxylic acids is 4. The average molecular weight is 464 g/mol. The number of imide groups is 1. The Kier molecular flexibility index (Phi) is 7.07. The van der Waals surface area contributed by atoms with E-state index in [1.54, 1.807) is 11.4 Å². The Morgan fingerprint density at radius 2 is 1.90 bits per heavy atom. The number of amides is 3. The molecule has 3 rings (SSSR count). The molecule has 10 heteroatoms. The minimum absolute atomic E-state index is 0.0160. The lowest BCUT2D eigenvalue weighted by atomic mass is 10.1. The lowest BCUT2D eigenvalue weighted by molar-refractivity contribution is -0.146. The normalized spacial score (nSPS) is 13.6. The number of rotatable bonds is 7. The smallest absolute Gasteiger partial charge is 0.307 e. The van der Waals surface area contributed by atoms with Crippen molar-refractivity contribution in [3.63, 3.8) is 0 Å². The SMILES string of the molecule is CC(=O)N(c1nc(COC(=O)CCN2C(=O)CCC2=O)cs1)c1c(C)cc(C)cc1Cl. The second kappa shape index (κ2) is 9.57. The van der Waals surface area contributed by atoms with Gasteiger partial charge < -0.3 is 4.74 Å². The summed E-state index contributed by atoms with van der Waals surface area (Å²) in [7, 11) is 0. The highest BCUT2D eigenvalue weighted by Crippen LogP contribution is 2.37. The number of likely N-dealkylation sites (tertiary alicyclic amines) is 1. The standard InChI is InChI=1S/C21H22ClN3O5S/c1-12-8-13(2)20(16(22)9-12)25(14(3)26)21-23-15(11-31-21)10-30-19(29)6-7-24-17(27)4-5-18(24)28/h8-9,11H,4-7,10H2,1-3H3. The number of benzene rings is 1. The largest absolute Gasteiger partial charge is 0.459 e. The molecule has 1 aliphatic heterocycles. The van der Waals surface area contributed by atoms with Crippen LogP contribution in [-0.4, -0.2) is 40.1 Å². The second-order valence-corrected chi connectivity index (χ2v) is 8.48. The van der Waals surface area contributed by atoms with Gasteiger partial charge in [0.15, 0.2) is 5.13 Å². The lowest BCUT2D eigenvalue weighted by Crippen LogP contribution is -2.31. The molecule has 3 amide bonds. The van der Waals surface area contributed by atoms with Gasteiger partial charge in [-0.25, -0.2) is 4.98 Å². The van der Waals surface area contributed by atoms with E-state index in [1.807, 2.05) is 19.9 Å². The molecule has 1 saturated heterocycles.